The van der Waals surface area contributed by atoms with E-state index in [0.29, 0.717) is 11.5 Å². The van der Waals surface area contributed by atoms with Crippen molar-refractivity contribution < 1.29 is 0 Å². The van der Waals surface area contributed by atoms with Crippen LogP contribution in [0.5, 0.6) is 0 Å². The van der Waals surface area contributed by atoms with Crippen molar-refractivity contribution in [2.75, 3.05) is 6.54 Å². The Morgan fingerprint density at radius 1 is 1.67 bits per heavy atom. The predicted molar refractivity (Wildman–Crippen MR) is 61.5 cm³/mol. The highest BCUT2D eigenvalue weighted by atomic mass is 15.1. The van der Waals surface area contributed by atoms with Gasteiger partial charge in [-0.1, -0.05) is 20.8 Å². The highest BCUT2D eigenvalue weighted by Crippen LogP contribution is 2.57. The Hall–Kier alpha value is -0.830. The van der Waals surface area contributed by atoms with Gasteiger partial charge in [-0.2, -0.15) is 0 Å². The number of hydrogen-bond donors (Lipinski definition) is 1. The van der Waals surface area contributed by atoms with E-state index in [4.69, 9.17) is 0 Å². The van der Waals surface area contributed by atoms with Crippen molar-refractivity contribution in [3.05, 3.63) is 18.2 Å². The van der Waals surface area contributed by atoms with E-state index in [1.54, 1.807) is 0 Å². The fourth-order valence-electron chi connectivity index (χ4n) is 2.39. The number of nitrogens with zero attached hydrogens (tertiary/aromatic N) is 2. The number of rotatable bonds is 4. The van der Waals surface area contributed by atoms with Gasteiger partial charge in [0.1, 0.15) is 5.82 Å². The van der Waals surface area contributed by atoms with E-state index in [0.717, 1.165) is 12.5 Å². The Balaban J connectivity index is 2.18. The van der Waals surface area contributed by atoms with Gasteiger partial charge in [0.2, 0.25) is 0 Å². The highest BCUT2D eigenvalue weighted by molar-refractivity contribution is 5.10. The summed E-state index contributed by atoms with van der Waals surface area (Å²) < 4.78 is 2.13. The first kappa shape index (κ1) is 10.7. The summed E-state index contributed by atoms with van der Waals surface area (Å²) in [4.78, 5) is 4.46. The van der Waals surface area contributed by atoms with Crippen LogP contribution < -0.4 is 5.32 Å². The van der Waals surface area contributed by atoms with Gasteiger partial charge in [0.25, 0.3) is 0 Å². The van der Waals surface area contributed by atoms with Gasteiger partial charge in [-0.15, -0.1) is 0 Å². The van der Waals surface area contributed by atoms with E-state index < -0.39 is 0 Å². The van der Waals surface area contributed by atoms with E-state index >= 15 is 0 Å². The second-order valence-corrected chi connectivity index (χ2v) is 5.23. The molecule has 0 aliphatic heterocycles. The van der Waals surface area contributed by atoms with Crippen molar-refractivity contribution >= 4 is 0 Å². The molecule has 1 heterocycles. The average molecular weight is 207 g/mol. The Labute approximate surface area is 91.9 Å². The van der Waals surface area contributed by atoms with Crippen molar-refractivity contribution in [2.45, 2.75) is 33.2 Å². The zero-order chi connectivity index (χ0) is 11.1. The van der Waals surface area contributed by atoms with Crippen molar-refractivity contribution in [1.29, 1.82) is 0 Å². The topological polar surface area (TPSA) is 29.9 Å². The summed E-state index contributed by atoms with van der Waals surface area (Å²) in [6, 6.07) is 0.421. The van der Waals surface area contributed by atoms with E-state index in [-0.39, 0.29) is 0 Å². The second kappa shape index (κ2) is 3.63. The lowest BCUT2D eigenvalue weighted by molar-refractivity contribution is 0.400. The van der Waals surface area contributed by atoms with Crippen molar-refractivity contribution in [2.24, 2.45) is 18.4 Å². The van der Waals surface area contributed by atoms with E-state index in [9.17, 15) is 0 Å². The van der Waals surface area contributed by atoms with Crippen molar-refractivity contribution in [3.63, 3.8) is 0 Å². The van der Waals surface area contributed by atoms with Gasteiger partial charge in [0.15, 0.2) is 0 Å². The summed E-state index contributed by atoms with van der Waals surface area (Å²) >= 11 is 0. The number of imidazole rings is 1. The summed E-state index contributed by atoms with van der Waals surface area (Å²) in [6.07, 6.45) is 5.21. The molecular weight excluding hydrogens is 186 g/mol. The Morgan fingerprint density at radius 2 is 2.33 bits per heavy atom. The molecule has 2 atom stereocenters. The minimum Gasteiger partial charge on any atom is -0.337 e. The maximum Gasteiger partial charge on any atom is 0.125 e. The van der Waals surface area contributed by atoms with Crippen LogP contribution in [0.4, 0.5) is 0 Å². The molecule has 0 radical (unpaired) electrons. The molecule has 1 N–H and O–H groups in total. The monoisotopic (exact) mass is 207 g/mol. The van der Waals surface area contributed by atoms with Crippen LogP contribution in [0.2, 0.25) is 0 Å². The van der Waals surface area contributed by atoms with Gasteiger partial charge < -0.3 is 9.88 Å². The summed E-state index contributed by atoms with van der Waals surface area (Å²) in [5.41, 5.74) is 0.485. The zero-order valence-corrected chi connectivity index (χ0v) is 10.1. The molecule has 1 aliphatic carbocycles. The lowest BCUT2D eigenvalue weighted by Gasteiger charge is -2.19. The Bertz CT molecular complexity index is 340. The van der Waals surface area contributed by atoms with Gasteiger partial charge in [-0.3, -0.25) is 0 Å². The van der Waals surface area contributed by atoms with Crippen LogP contribution in [0.1, 0.15) is 39.1 Å². The molecule has 1 saturated carbocycles. The number of nitrogens with one attached hydrogen (secondary N) is 1. The molecule has 1 aliphatic rings. The first-order valence-corrected chi connectivity index (χ1v) is 5.77. The minimum absolute atomic E-state index is 0.421. The fourth-order valence-corrected chi connectivity index (χ4v) is 2.39. The molecule has 3 heteroatoms. The smallest absolute Gasteiger partial charge is 0.125 e. The molecule has 84 valence electrons. The van der Waals surface area contributed by atoms with Crippen LogP contribution in [0.25, 0.3) is 0 Å². The van der Waals surface area contributed by atoms with Gasteiger partial charge in [0.05, 0.1) is 6.04 Å². The lowest BCUT2D eigenvalue weighted by atomic mass is 10.0. The molecule has 2 unspecified atom stereocenters. The Kier molecular flexibility index (Phi) is 2.59. The predicted octanol–water partition coefficient (Wildman–Crippen LogP) is 2.12. The van der Waals surface area contributed by atoms with E-state index in [2.05, 4.69) is 42.7 Å². The molecule has 1 aromatic heterocycles. The number of hydrogen-bond acceptors (Lipinski definition) is 2. The Morgan fingerprint density at radius 3 is 2.73 bits per heavy atom. The van der Waals surface area contributed by atoms with Crippen molar-refractivity contribution in [3.8, 4) is 0 Å². The molecule has 15 heavy (non-hydrogen) atoms. The largest absolute Gasteiger partial charge is 0.337 e. The molecule has 0 saturated heterocycles. The molecular formula is C12H21N3. The highest BCUT2D eigenvalue weighted by Gasteiger charge is 2.51. The van der Waals surface area contributed by atoms with Gasteiger partial charge in [-0.25, -0.2) is 4.98 Å². The molecule has 0 aromatic carbocycles. The maximum atomic E-state index is 4.46. The fraction of sp³-hybridized carbons (Fsp3) is 0.750. The van der Waals surface area contributed by atoms with Crippen LogP contribution >= 0.6 is 0 Å². The molecule has 0 spiro atoms. The lowest BCUT2D eigenvalue weighted by Crippen LogP contribution is -2.26. The quantitative estimate of drug-likeness (QED) is 0.819. The number of aromatic nitrogens is 2. The van der Waals surface area contributed by atoms with E-state index in [1.165, 1.54) is 12.2 Å². The van der Waals surface area contributed by atoms with Crippen LogP contribution in [0.3, 0.4) is 0 Å². The molecule has 1 fully saturated rings. The first-order valence-electron chi connectivity index (χ1n) is 5.77. The first-order chi connectivity index (χ1) is 7.06. The maximum absolute atomic E-state index is 4.46. The third-order valence-electron chi connectivity index (χ3n) is 3.55. The third-order valence-corrected chi connectivity index (χ3v) is 3.55. The summed E-state index contributed by atoms with van der Waals surface area (Å²) in [7, 11) is 2.07. The molecule has 0 bridgehead atoms. The van der Waals surface area contributed by atoms with Gasteiger partial charge in [0, 0.05) is 19.4 Å². The molecule has 3 nitrogen and oxygen atoms in total. The van der Waals surface area contributed by atoms with Crippen LogP contribution in [-0.4, -0.2) is 16.1 Å². The molecule has 2 rings (SSSR count). The normalized spacial score (nSPS) is 25.2. The van der Waals surface area contributed by atoms with Crippen LogP contribution in [0, 0.1) is 11.3 Å². The zero-order valence-electron chi connectivity index (χ0n) is 10.1. The minimum atomic E-state index is 0.421. The number of aryl methyl sites for hydroxylation is 1. The van der Waals surface area contributed by atoms with Crippen LogP contribution in [-0.2, 0) is 7.05 Å². The SMILES string of the molecule is CCNC(c1nccn1C)C1CC1(C)C. The standard InChI is InChI=1S/C12H21N3/c1-5-13-10(9-8-12(9,2)3)11-14-6-7-15(11)4/h6-7,9-10,13H,5,8H2,1-4H3. The van der Waals surface area contributed by atoms with E-state index in [1.807, 2.05) is 12.4 Å². The second-order valence-electron chi connectivity index (χ2n) is 5.23. The average Bonchev–Trinajstić information content (AvgIpc) is 2.57. The van der Waals surface area contributed by atoms with Gasteiger partial charge in [-0.05, 0) is 24.3 Å². The summed E-state index contributed by atoms with van der Waals surface area (Å²) in [5, 5.41) is 3.56. The van der Waals surface area contributed by atoms with Crippen molar-refractivity contribution in [1.82, 2.24) is 14.9 Å². The summed E-state index contributed by atoms with van der Waals surface area (Å²) in [5.74, 6) is 1.91. The van der Waals surface area contributed by atoms with Crippen LogP contribution in [0.15, 0.2) is 12.4 Å². The molecule has 0 amide bonds. The van der Waals surface area contributed by atoms with Gasteiger partial charge >= 0.3 is 0 Å². The summed E-state index contributed by atoms with van der Waals surface area (Å²) in [6.45, 7) is 7.84. The third kappa shape index (κ3) is 1.93. The molecule has 1 aromatic rings.